The van der Waals surface area contributed by atoms with E-state index in [4.69, 9.17) is 4.74 Å². The van der Waals surface area contributed by atoms with Gasteiger partial charge in [0.15, 0.2) is 0 Å². The molecule has 2 atom stereocenters. The lowest BCUT2D eigenvalue weighted by atomic mass is 9.87. The first-order valence-corrected chi connectivity index (χ1v) is 8.74. The average Bonchev–Trinajstić information content (AvgIpc) is 3.06. The lowest BCUT2D eigenvalue weighted by molar-refractivity contribution is -0.139. The number of carbonyl (C=O) groups is 1. The molecule has 0 N–H and O–H groups in total. The number of nitrogens with zero attached hydrogens (tertiary/aromatic N) is 1. The van der Waals surface area contributed by atoms with Gasteiger partial charge < -0.3 is 9.64 Å². The van der Waals surface area contributed by atoms with Gasteiger partial charge >= 0.3 is 0 Å². The number of likely N-dealkylation sites (tertiary alicyclic amines) is 1. The highest BCUT2D eigenvalue weighted by molar-refractivity contribution is 5.79. The monoisotopic (exact) mass is 301 g/mol. The standard InChI is InChI=1S/C19H27NO2/c1-2-17(15-7-4-3-5-8-15)18-9-6-12-20(18)19(21)16-10-13-22-14-11-16/h3-5,7-8,16-18H,2,6,9-14H2,1H3/t17-,18-/m1/s1. The minimum Gasteiger partial charge on any atom is -0.381 e. The van der Waals surface area contributed by atoms with Crippen LogP contribution in [0.15, 0.2) is 30.3 Å². The van der Waals surface area contributed by atoms with Crippen molar-refractivity contribution in [3.8, 4) is 0 Å². The summed E-state index contributed by atoms with van der Waals surface area (Å²) in [5.74, 6) is 1.02. The van der Waals surface area contributed by atoms with E-state index < -0.39 is 0 Å². The first-order chi connectivity index (χ1) is 10.8. The SMILES string of the molecule is CC[C@H](c1ccccc1)[C@H]1CCCN1C(=O)C1CCOCC1. The lowest BCUT2D eigenvalue weighted by Gasteiger charge is -2.35. The van der Waals surface area contributed by atoms with E-state index in [1.165, 1.54) is 5.56 Å². The molecule has 3 heteroatoms. The van der Waals surface area contributed by atoms with Crippen LogP contribution in [-0.4, -0.2) is 36.6 Å². The first-order valence-electron chi connectivity index (χ1n) is 8.74. The topological polar surface area (TPSA) is 29.5 Å². The number of hydrogen-bond donors (Lipinski definition) is 0. The molecule has 3 nitrogen and oxygen atoms in total. The predicted molar refractivity (Wildman–Crippen MR) is 87.8 cm³/mol. The molecule has 1 amide bonds. The Labute approximate surface area is 133 Å². The van der Waals surface area contributed by atoms with Crippen molar-refractivity contribution < 1.29 is 9.53 Å². The normalized spacial score (nSPS) is 24.4. The predicted octanol–water partition coefficient (Wildman–Crippen LogP) is 3.60. The van der Waals surface area contributed by atoms with Gasteiger partial charge in [-0.1, -0.05) is 37.3 Å². The van der Waals surface area contributed by atoms with Crippen molar-refractivity contribution >= 4 is 5.91 Å². The maximum Gasteiger partial charge on any atom is 0.226 e. The summed E-state index contributed by atoms with van der Waals surface area (Å²) in [5.41, 5.74) is 1.38. The molecule has 0 bridgehead atoms. The molecular formula is C19H27NO2. The van der Waals surface area contributed by atoms with E-state index in [1.807, 2.05) is 0 Å². The second-order valence-corrected chi connectivity index (χ2v) is 6.55. The van der Waals surface area contributed by atoms with E-state index in [0.717, 1.165) is 51.9 Å². The summed E-state index contributed by atoms with van der Waals surface area (Å²) in [5, 5.41) is 0. The zero-order chi connectivity index (χ0) is 15.4. The van der Waals surface area contributed by atoms with Crippen molar-refractivity contribution in [1.29, 1.82) is 0 Å². The molecule has 1 aromatic carbocycles. The minimum atomic E-state index is 0.183. The van der Waals surface area contributed by atoms with Crippen LogP contribution in [0.1, 0.15) is 50.5 Å². The van der Waals surface area contributed by atoms with Crippen LogP contribution in [0.2, 0.25) is 0 Å². The Morgan fingerprint density at radius 3 is 2.64 bits per heavy atom. The van der Waals surface area contributed by atoms with Gasteiger partial charge in [0.2, 0.25) is 5.91 Å². The van der Waals surface area contributed by atoms with Crippen LogP contribution in [0.4, 0.5) is 0 Å². The highest BCUT2D eigenvalue weighted by atomic mass is 16.5. The summed E-state index contributed by atoms with van der Waals surface area (Å²) in [6.07, 6.45) is 5.16. The van der Waals surface area contributed by atoms with Gasteiger partial charge in [-0.15, -0.1) is 0 Å². The Bertz CT molecular complexity index is 481. The molecule has 2 saturated heterocycles. The summed E-state index contributed by atoms with van der Waals surface area (Å²) in [4.78, 5) is 15.1. The highest BCUT2D eigenvalue weighted by Crippen LogP contribution is 2.35. The second-order valence-electron chi connectivity index (χ2n) is 6.55. The van der Waals surface area contributed by atoms with Crippen molar-refractivity contribution in [3.05, 3.63) is 35.9 Å². The molecular weight excluding hydrogens is 274 g/mol. The average molecular weight is 301 g/mol. The highest BCUT2D eigenvalue weighted by Gasteiger charge is 2.37. The summed E-state index contributed by atoms with van der Waals surface area (Å²) in [7, 11) is 0. The van der Waals surface area contributed by atoms with Gasteiger partial charge in [0.05, 0.1) is 0 Å². The van der Waals surface area contributed by atoms with Crippen molar-refractivity contribution in [2.45, 2.75) is 51.0 Å². The van der Waals surface area contributed by atoms with Crippen LogP contribution in [0.3, 0.4) is 0 Å². The fraction of sp³-hybridized carbons (Fsp3) is 0.632. The fourth-order valence-electron chi connectivity index (χ4n) is 4.09. The Morgan fingerprint density at radius 2 is 1.95 bits per heavy atom. The zero-order valence-corrected chi connectivity index (χ0v) is 13.5. The van der Waals surface area contributed by atoms with Gasteiger partial charge in [-0.3, -0.25) is 4.79 Å². The maximum absolute atomic E-state index is 12.9. The van der Waals surface area contributed by atoms with E-state index in [-0.39, 0.29) is 5.92 Å². The summed E-state index contributed by atoms with van der Waals surface area (Å²) < 4.78 is 5.41. The minimum absolute atomic E-state index is 0.183. The number of amides is 1. The molecule has 2 aliphatic heterocycles. The Morgan fingerprint density at radius 1 is 1.23 bits per heavy atom. The number of carbonyl (C=O) groups excluding carboxylic acids is 1. The summed E-state index contributed by atoms with van der Waals surface area (Å²) in [6, 6.07) is 11.1. The van der Waals surface area contributed by atoms with Crippen LogP contribution in [0.25, 0.3) is 0 Å². The van der Waals surface area contributed by atoms with Gasteiger partial charge in [0.1, 0.15) is 0 Å². The van der Waals surface area contributed by atoms with Crippen LogP contribution in [0, 0.1) is 5.92 Å². The van der Waals surface area contributed by atoms with Gasteiger partial charge in [0, 0.05) is 37.6 Å². The van der Waals surface area contributed by atoms with Gasteiger partial charge in [-0.05, 0) is 37.7 Å². The molecule has 0 saturated carbocycles. The third-order valence-corrected chi connectivity index (χ3v) is 5.28. The number of rotatable bonds is 4. The van der Waals surface area contributed by atoms with Gasteiger partial charge in [-0.2, -0.15) is 0 Å². The van der Waals surface area contributed by atoms with Crippen LogP contribution >= 0.6 is 0 Å². The fourth-order valence-corrected chi connectivity index (χ4v) is 4.09. The molecule has 0 aromatic heterocycles. The first kappa shape index (κ1) is 15.5. The molecule has 0 aliphatic carbocycles. The largest absolute Gasteiger partial charge is 0.381 e. The van der Waals surface area contributed by atoms with E-state index in [0.29, 0.717) is 17.9 Å². The zero-order valence-electron chi connectivity index (χ0n) is 13.5. The molecule has 1 aromatic rings. The molecule has 2 aliphatic rings. The molecule has 2 heterocycles. The summed E-state index contributed by atoms with van der Waals surface area (Å²) >= 11 is 0. The van der Waals surface area contributed by atoms with E-state index >= 15 is 0 Å². The quantitative estimate of drug-likeness (QED) is 0.850. The molecule has 22 heavy (non-hydrogen) atoms. The lowest BCUT2D eigenvalue weighted by Crippen LogP contribution is -2.43. The van der Waals surface area contributed by atoms with Gasteiger partial charge in [-0.25, -0.2) is 0 Å². The van der Waals surface area contributed by atoms with Crippen molar-refractivity contribution in [2.75, 3.05) is 19.8 Å². The number of benzene rings is 1. The van der Waals surface area contributed by atoms with Crippen molar-refractivity contribution in [2.24, 2.45) is 5.92 Å². The van der Waals surface area contributed by atoms with E-state index in [2.05, 4.69) is 42.2 Å². The molecule has 0 unspecified atom stereocenters. The number of hydrogen-bond acceptors (Lipinski definition) is 2. The smallest absolute Gasteiger partial charge is 0.226 e. The number of ether oxygens (including phenoxy) is 1. The second kappa shape index (κ2) is 7.28. The molecule has 120 valence electrons. The summed E-state index contributed by atoms with van der Waals surface area (Å²) in [6.45, 7) is 4.66. The Hall–Kier alpha value is -1.35. The molecule has 2 fully saturated rings. The molecule has 0 spiro atoms. The van der Waals surface area contributed by atoms with E-state index in [1.54, 1.807) is 0 Å². The van der Waals surface area contributed by atoms with Crippen LogP contribution in [0.5, 0.6) is 0 Å². The maximum atomic E-state index is 12.9. The van der Waals surface area contributed by atoms with E-state index in [9.17, 15) is 4.79 Å². The Balaban J connectivity index is 1.75. The molecule has 0 radical (unpaired) electrons. The van der Waals surface area contributed by atoms with Crippen molar-refractivity contribution in [1.82, 2.24) is 4.90 Å². The third-order valence-electron chi connectivity index (χ3n) is 5.28. The third kappa shape index (κ3) is 3.19. The molecule has 3 rings (SSSR count). The Kier molecular flexibility index (Phi) is 5.14. The van der Waals surface area contributed by atoms with Crippen LogP contribution < -0.4 is 0 Å². The van der Waals surface area contributed by atoms with Gasteiger partial charge in [0.25, 0.3) is 0 Å². The van der Waals surface area contributed by atoms with Crippen LogP contribution in [-0.2, 0) is 9.53 Å². The van der Waals surface area contributed by atoms with Crippen molar-refractivity contribution in [3.63, 3.8) is 0 Å².